The highest BCUT2D eigenvalue weighted by Gasteiger charge is 2.39. The van der Waals surface area contributed by atoms with Crippen LogP contribution in [0.1, 0.15) is 52.5 Å². The van der Waals surface area contributed by atoms with Crippen molar-refractivity contribution in [3.63, 3.8) is 0 Å². The van der Waals surface area contributed by atoms with Gasteiger partial charge in [0.1, 0.15) is 10.8 Å². The fourth-order valence-corrected chi connectivity index (χ4v) is 5.13. The van der Waals surface area contributed by atoms with Crippen LogP contribution >= 0.6 is 33.9 Å². The largest absolute Gasteiger partial charge is 0.598 e. The molecule has 134 valence electrons. The van der Waals surface area contributed by atoms with Crippen LogP contribution in [0, 0.1) is 3.57 Å². The quantitative estimate of drug-likeness (QED) is 0.329. The van der Waals surface area contributed by atoms with Crippen molar-refractivity contribution in [2.45, 2.75) is 70.5 Å². The Bertz CT molecular complexity index is 509. The summed E-state index contributed by atoms with van der Waals surface area (Å²) in [7, 11) is -1.83. The molecule has 1 rings (SSSR count). The molecule has 1 aromatic heterocycles. The van der Waals surface area contributed by atoms with Gasteiger partial charge in [0.2, 0.25) is 0 Å². The predicted molar refractivity (Wildman–Crippen MR) is 114 cm³/mol. The summed E-state index contributed by atoms with van der Waals surface area (Å²) < 4.78 is 23.1. The minimum absolute atomic E-state index is 0.0299. The molecule has 0 spiro atoms. The lowest BCUT2D eigenvalue weighted by Crippen LogP contribution is -2.46. The molecule has 1 N–H and O–H groups in total. The second kappa shape index (κ2) is 8.05. The van der Waals surface area contributed by atoms with Crippen molar-refractivity contribution in [1.29, 1.82) is 0 Å². The molecule has 1 aromatic rings. The summed E-state index contributed by atoms with van der Waals surface area (Å²) in [5.41, 5.74) is 0. The first-order chi connectivity index (χ1) is 10.2. The van der Waals surface area contributed by atoms with Gasteiger partial charge in [0, 0.05) is 25.2 Å². The lowest BCUT2D eigenvalue weighted by molar-refractivity contribution is 0.257. The van der Waals surface area contributed by atoms with Gasteiger partial charge in [-0.25, -0.2) is 0 Å². The number of nitrogens with one attached hydrogen (secondary N) is 1. The van der Waals surface area contributed by atoms with Crippen LogP contribution in [0.4, 0.5) is 0 Å². The van der Waals surface area contributed by atoms with Gasteiger partial charge in [-0.3, -0.25) is 0 Å². The van der Waals surface area contributed by atoms with E-state index in [1.54, 1.807) is 11.3 Å². The van der Waals surface area contributed by atoms with E-state index in [0.717, 1.165) is 0 Å². The van der Waals surface area contributed by atoms with E-state index < -0.39 is 19.7 Å². The number of thiophene rings is 1. The van der Waals surface area contributed by atoms with Crippen molar-refractivity contribution in [3.8, 4) is 0 Å². The second-order valence-corrected chi connectivity index (χ2v) is 17.3. The highest BCUT2D eigenvalue weighted by molar-refractivity contribution is 14.1. The summed E-state index contributed by atoms with van der Waals surface area (Å²) in [5.74, 6) is 0. The molecule has 0 radical (unpaired) electrons. The number of halogens is 1. The second-order valence-electron chi connectivity index (χ2n) is 8.29. The van der Waals surface area contributed by atoms with Crippen LogP contribution in [0.5, 0.6) is 0 Å². The first kappa shape index (κ1) is 21.9. The maximum absolute atomic E-state index is 12.5. The zero-order chi connectivity index (χ0) is 18.1. The van der Waals surface area contributed by atoms with Crippen molar-refractivity contribution >= 4 is 53.6 Å². The normalized spacial score (nSPS) is 16.4. The van der Waals surface area contributed by atoms with E-state index in [9.17, 15) is 4.55 Å². The number of hydrogen-bond donors (Lipinski definition) is 1. The molecule has 0 fully saturated rings. The standard InChI is InChI=1S/C16H30INO2S2Si/c1-15(2,3)22(19)18-13(14-9-12(17)11-21-14)10-20-23(7,8)16(4,5)6/h9,11,13,18H,10H2,1-8H3/t13-,22-/m1/s1. The first-order valence-electron chi connectivity index (χ1n) is 7.80. The minimum atomic E-state index is -1.83. The third-order valence-electron chi connectivity index (χ3n) is 4.15. The maximum atomic E-state index is 12.5. The Morgan fingerprint density at radius 1 is 1.30 bits per heavy atom. The Kier molecular flexibility index (Phi) is 7.67. The van der Waals surface area contributed by atoms with Gasteiger partial charge in [0.15, 0.2) is 8.32 Å². The van der Waals surface area contributed by atoms with Gasteiger partial charge in [0.05, 0.1) is 6.61 Å². The Morgan fingerprint density at radius 3 is 2.26 bits per heavy atom. The summed E-state index contributed by atoms with van der Waals surface area (Å²) in [4.78, 5) is 1.19. The van der Waals surface area contributed by atoms with Crippen molar-refractivity contribution in [2.75, 3.05) is 6.61 Å². The fourth-order valence-electron chi connectivity index (χ4n) is 1.50. The van der Waals surface area contributed by atoms with Gasteiger partial charge >= 0.3 is 0 Å². The average molecular weight is 488 g/mol. The monoisotopic (exact) mass is 487 g/mol. The third kappa shape index (κ3) is 6.60. The molecule has 0 saturated heterocycles. The maximum Gasteiger partial charge on any atom is 0.192 e. The first-order valence-corrected chi connectivity index (χ1v) is 13.8. The Labute approximate surface area is 163 Å². The van der Waals surface area contributed by atoms with Crippen LogP contribution in [-0.4, -0.2) is 24.2 Å². The van der Waals surface area contributed by atoms with Gasteiger partial charge in [0.25, 0.3) is 0 Å². The molecule has 0 aliphatic heterocycles. The Morgan fingerprint density at radius 2 is 1.87 bits per heavy atom. The van der Waals surface area contributed by atoms with Crippen molar-refractivity contribution < 1.29 is 8.98 Å². The lowest BCUT2D eigenvalue weighted by atomic mass is 10.2. The van der Waals surface area contributed by atoms with E-state index in [2.05, 4.69) is 72.6 Å². The summed E-state index contributed by atoms with van der Waals surface area (Å²) in [5, 5.41) is 2.29. The van der Waals surface area contributed by atoms with Crippen LogP contribution in [0.2, 0.25) is 18.1 Å². The summed E-state index contributed by atoms with van der Waals surface area (Å²) in [6.07, 6.45) is 0. The van der Waals surface area contributed by atoms with Gasteiger partial charge in [-0.15, -0.1) is 16.1 Å². The average Bonchev–Trinajstić information content (AvgIpc) is 2.78. The molecular formula is C16H30INO2S2Si. The molecule has 0 unspecified atom stereocenters. The number of rotatable bonds is 6. The molecule has 0 saturated carbocycles. The molecule has 1 heterocycles. The highest BCUT2D eigenvalue weighted by Crippen LogP contribution is 2.37. The highest BCUT2D eigenvalue weighted by atomic mass is 127. The van der Waals surface area contributed by atoms with E-state index in [1.807, 2.05) is 20.8 Å². The topological polar surface area (TPSA) is 44.3 Å². The van der Waals surface area contributed by atoms with Crippen LogP contribution in [0.3, 0.4) is 0 Å². The van der Waals surface area contributed by atoms with E-state index in [4.69, 9.17) is 4.43 Å². The van der Waals surface area contributed by atoms with Gasteiger partial charge in [-0.05, 0) is 67.6 Å². The molecule has 0 aromatic carbocycles. The van der Waals surface area contributed by atoms with Gasteiger partial charge in [-0.2, -0.15) is 0 Å². The molecule has 0 amide bonds. The molecular weight excluding hydrogens is 457 g/mol. The summed E-state index contributed by atoms with van der Waals surface area (Å²) in [6.45, 7) is 17.7. The van der Waals surface area contributed by atoms with E-state index in [1.165, 1.54) is 8.45 Å². The van der Waals surface area contributed by atoms with Crippen LogP contribution < -0.4 is 4.72 Å². The van der Waals surface area contributed by atoms with E-state index in [-0.39, 0.29) is 15.8 Å². The Balaban J connectivity index is 2.89. The van der Waals surface area contributed by atoms with Crippen LogP contribution in [0.15, 0.2) is 11.4 Å². The lowest BCUT2D eigenvalue weighted by Gasteiger charge is -2.37. The summed E-state index contributed by atoms with van der Waals surface area (Å²) in [6, 6.07) is 2.12. The molecule has 3 nitrogen and oxygen atoms in total. The molecule has 0 aliphatic rings. The molecule has 7 heteroatoms. The predicted octanol–water partition coefficient (Wildman–Crippen LogP) is 5.47. The van der Waals surface area contributed by atoms with Gasteiger partial charge in [-0.1, -0.05) is 20.8 Å². The van der Waals surface area contributed by atoms with E-state index >= 15 is 0 Å². The van der Waals surface area contributed by atoms with Crippen molar-refractivity contribution in [2.24, 2.45) is 0 Å². The van der Waals surface area contributed by atoms with Crippen molar-refractivity contribution in [1.82, 2.24) is 4.72 Å². The van der Waals surface area contributed by atoms with Crippen LogP contribution in [-0.2, 0) is 15.8 Å². The SMILES string of the molecule is CC(C)(C)[S@@+]([O-])N[C@H](CO[Si](C)(C)C(C)(C)C)c1cc(I)cs1. The fraction of sp³-hybridized carbons (Fsp3) is 0.750. The van der Waals surface area contributed by atoms with E-state index in [0.29, 0.717) is 6.61 Å². The zero-order valence-electron chi connectivity index (χ0n) is 15.5. The zero-order valence-corrected chi connectivity index (χ0v) is 20.2. The minimum Gasteiger partial charge on any atom is -0.598 e. The Hall–Kier alpha value is 0.877. The summed E-state index contributed by atoms with van der Waals surface area (Å²) >= 11 is 2.90. The third-order valence-corrected chi connectivity index (χ3v) is 12.4. The van der Waals surface area contributed by atoms with Crippen molar-refractivity contribution in [3.05, 3.63) is 19.9 Å². The molecule has 0 aliphatic carbocycles. The number of hydrogen-bond acceptors (Lipinski definition) is 4. The van der Waals surface area contributed by atoms with Crippen LogP contribution in [0.25, 0.3) is 0 Å². The van der Waals surface area contributed by atoms with Gasteiger partial charge < -0.3 is 8.98 Å². The molecule has 2 atom stereocenters. The molecule has 23 heavy (non-hydrogen) atoms. The molecule has 0 bridgehead atoms. The smallest absolute Gasteiger partial charge is 0.192 e.